The van der Waals surface area contributed by atoms with Crippen molar-refractivity contribution < 1.29 is 4.79 Å². The van der Waals surface area contributed by atoms with E-state index in [1.54, 1.807) is 18.5 Å². The Kier molecular flexibility index (Phi) is 4.21. The molecule has 1 atom stereocenters. The minimum Gasteiger partial charge on any atom is -0.356 e. The summed E-state index contributed by atoms with van der Waals surface area (Å²) in [6, 6.07) is 1.77. The van der Waals surface area contributed by atoms with Gasteiger partial charge in [0, 0.05) is 48.8 Å². The van der Waals surface area contributed by atoms with Crippen molar-refractivity contribution in [3.8, 4) is 0 Å². The number of aromatic nitrogens is 5. The Morgan fingerprint density at radius 1 is 1.23 bits per heavy atom. The largest absolute Gasteiger partial charge is 0.356 e. The molecule has 0 radical (unpaired) electrons. The summed E-state index contributed by atoms with van der Waals surface area (Å²) in [6.45, 7) is 3.86. The van der Waals surface area contributed by atoms with E-state index in [0.717, 1.165) is 55.9 Å². The van der Waals surface area contributed by atoms with Crippen molar-refractivity contribution in [3.63, 3.8) is 0 Å². The van der Waals surface area contributed by atoms with Crippen LogP contribution in [0.15, 0.2) is 24.7 Å². The number of fused-ring (bicyclic) bond motifs is 1. The van der Waals surface area contributed by atoms with Gasteiger partial charge in [-0.15, -0.1) is 0 Å². The molecule has 2 N–H and O–H groups in total. The third kappa shape index (κ3) is 2.99. The molecule has 2 bridgehead atoms. The monoisotopic (exact) mass is 437 g/mol. The number of rotatable bonds is 4. The van der Waals surface area contributed by atoms with Gasteiger partial charge in [0.05, 0.1) is 0 Å². The predicted octanol–water partition coefficient (Wildman–Crippen LogP) is 3.31. The minimum absolute atomic E-state index is 0.0279. The van der Waals surface area contributed by atoms with Crippen LogP contribution in [0, 0.1) is 11.8 Å². The van der Waals surface area contributed by atoms with E-state index in [2.05, 4.69) is 42.1 Å². The zero-order valence-electron chi connectivity index (χ0n) is 17.3. The predicted molar refractivity (Wildman–Crippen MR) is 117 cm³/mol. The Balaban J connectivity index is 1.17. The summed E-state index contributed by atoms with van der Waals surface area (Å²) in [7, 11) is 0. The van der Waals surface area contributed by atoms with E-state index >= 15 is 0 Å². The molecule has 8 nitrogen and oxygen atoms in total. The Labute approximate surface area is 184 Å². The van der Waals surface area contributed by atoms with Crippen molar-refractivity contribution in [2.75, 3.05) is 18.0 Å². The maximum atomic E-state index is 12.8. The fourth-order valence-electron chi connectivity index (χ4n) is 5.52. The van der Waals surface area contributed by atoms with Crippen LogP contribution >= 0.6 is 11.6 Å². The first-order valence-electron chi connectivity index (χ1n) is 10.9. The standard InChI is InChI=1S/C22H24ClN7O/c1-12-14-9-22(12,10-14)29-20(31)16-8-17(28-21(23)27-16)30-6-2-13(3-7-30)15-11-26-19-18(15)24-4-5-25-19/h4-5,8,11-14H,2-3,6-7,9-10H2,1H3,(H,25,26)(H,29,31)/t12-,14?,22?/m1/s1. The smallest absolute Gasteiger partial charge is 0.270 e. The number of nitrogens with one attached hydrogen (secondary N) is 2. The van der Waals surface area contributed by atoms with Crippen LogP contribution in [0.4, 0.5) is 5.82 Å². The number of anilines is 1. The van der Waals surface area contributed by atoms with Gasteiger partial charge in [0.15, 0.2) is 5.65 Å². The second kappa shape index (κ2) is 6.88. The summed E-state index contributed by atoms with van der Waals surface area (Å²) in [6.07, 6.45) is 9.56. The zero-order chi connectivity index (χ0) is 21.2. The van der Waals surface area contributed by atoms with Gasteiger partial charge in [0.2, 0.25) is 5.28 Å². The third-order valence-electron chi connectivity index (χ3n) is 7.71. The molecule has 4 aliphatic rings. The highest BCUT2D eigenvalue weighted by molar-refractivity contribution is 6.28. The maximum Gasteiger partial charge on any atom is 0.270 e. The molecule has 3 aromatic rings. The van der Waals surface area contributed by atoms with Crippen LogP contribution in [0.25, 0.3) is 11.2 Å². The molecular formula is C22H24ClN7O. The van der Waals surface area contributed by atoms with Crippen molar-refractivity contribution in [2.24, 2.45) is 11.8 Å². The van der Waals surface area contributed by atoms with Crippen LogP contribution < -0.4 is 10.2 Å². The minimum atomic E-state index is -0.150. The van der Waals surface area contributed by atoms with Gasteiger partial charge in [0.25, 0.3) is 5.91 Å². The highest BCUT2D eigenvalue weighted by atomic mass is 35.5. The number of nitrogens with zero attached hydrogens (tertiary/aromatic N) is 5. The molecule has 0 unspecified atom stereocenters. The Morgan fingerprint density at radius 3 is 2.71 bits per heavy atom. The maximum absolute atomic E-state index is 12.8. The lowest BCUT2D eigenvalue weighted by Gasteiger charge is -2.67. The number of H-pyrrole nitrogens is 1. The van der Waals surface area contributed by atoms with Crippen LogP contribution in [-0.4, -0.2) is 49.5 Å². The first-order chi connectivity index (χ1) is 15.0. The summed E-state index contributed by atoms with van der Waals surface area (Å²) in [5, 5.41) is 3.32. The van der Waals surface area contributed by atoms with Crippen molar-refractivity contribution >= 4 is 34.5 Å². The number of hydrogen-bond acceptors (Lipinski definition) is 6. The quantitative estimate of drug-likeness (QED) is 0.607. The number of piperidine rings is 1. The average Bonchev–Trinajstić information content (AvgIpc) is 3.20. The molecule has 3 aliphatic carbocycles. The van der Waals surface area contributed by atoms with Crippen LogP contribution in [0.3, 0.4) is 0 Å². The highest BCUT2D eigenvalue weighted by Crippen LogP contribution is 2.61. The van der Waals surface area contributed by atoms with Gasteiger partial charge in [-0.25, -0.2) is 15.0 Å². The van der Waals surface area contributed by atoms with Crippen molar-refractivity contribution in [2.45, 2.75) is 44.1 Å². The Hall–Kier alpha value is -2.74. The molecule has 7 rings (SSSR count). The summed E-state index contributed by atoms with van der Waals surface area (Å²) < 4.78 is 0. The molecule has 4 fully saturated rings. The lowest BCUT2D eigenvalue weighted by Crippen LogP contribution is -2.74. The van der Waals surface area contributed by atoms with E-state index in [1.165, 1.54) is 5.56 Å². The van der Waals surface area contributed by atoms with Crippen LogP contribution in [-0.2, 0) is 0 Å². The number of halogens is 1. The fraction of sp³-hybridized carbons (Fsp3) is 0.500. The molecule has 3 aromatic heterocycles. The Morgan fingerprint density at radius 2 is 2.00 bits per heavy atom. The molecule has 3 saturated carbocycles. The van der Waals surface area contributed by atoms with Crippen LogP contribution in [0.1, 0.15) is 54.6 Å². The molecule has 0 aromatic carbocycles. The first kappa shape index (κ1) is 19.0. The van der Waals surface area contributed by atoms with E-state index in [0.29, 0.717) is 23.3 Å². The number of aromatic amines is 1. The van der Waals surface area contributed by atoms with Gasteiger partial charge < -0.3 is 15.2 Å². The molecule has 1 aliphatic heterocycles. The Bertz CT molecular complexity index is 1160. The third-order valence-corrected chi connectivity index (χ3v) is 7.88. The van der Waals surface area contributed by atoms with Crippen LogP contribution in [0.2, 0.25) is 5.28 Å². The van der Waals surface area contributed by atoms with E-state index in [4.69, 9.17) is 11.6 Å². The molecule has 1 amide bonds. The van der Waals surface area contributed by atoms with Gasteiger partial charge in [-0.05, 0) is 55.0 Å². The lowest BCUT2D eigenvalue weighted by molar-refractivity contribution is -0.118. The van der Waals surface area contributed by atoms with Gasteiger partial charge in [-0.3, -0.25) is 9.78 Å². The van der Waals surface area contributed by atoms with Crippen molar-refractivity contribution in [3.05, 3.63) is 41.2 Å². The van der Waals surface area contributed by atoms with E-state index < -0.39 is 0 Å². The topological polar surface area (TPSA) is 99.7 Å². The second-order valence-electron chi connectivity index (χ2n) is 9.21. The highest BCUT2D eigenvalue weighted by Gasteiger charge is 2.63. The molecule has 31 heavy (non-hydrogen) atoms. The van der Waals surface area contributed by atoms with Gasteiger partial charge in [0.1, 0.15) is 17.0 Å². The normalized spacial score (nSPS) is 27.6. The molecule has 1 saturated heterocycles. The average molecular weight is 438 g/mol. The summed E-state index contributed by atoms with van der Waals surface area (Å²) in [4.78, 5) is 35.7. The van der Waals surface area contributed by atoms with Crippen molar-refractivity contribution in [1.29, 1.82) is 0 Å². The van der Waals surface area contributed by atoms with Crippen molar-refractivity contribution in [1.82, 2.24) is 30.2 Å². The zero-order valence-corrected chi connectivity index (χ0v) is 18.1. The molecule has 9 heteroatoms. The molecule has 160 valence electrons. The number of carbonyl (C=O) groups is 1. The number of amides is 1. The first-order valence-corrected chi connectivity index (χ1v) is 11.3. The summed E-state index contributed by atoms with van der Waals surface area (Å²) in [5.41, 5.74) is 3.32. The molecular weight excluding hydrogens is 414 g/mol. The second-order valence-corrected chi connectivity index (χ2v) is 9.54. The van der Waals surface area contributed by atoms with Gasteiger partial charge in [-0.1, -0.05) is 6.92 Å². The molecule has 4 heterocycles. The lowest BCUT2D eigenvalue weighted by atomic mass is 9.43. The molecule has 0 spiro atoms. The van der Waals surface area contributed by atoms with E-state index in [1.807, 2.05) is 6.20 Å². The summed E-state index contributed by atoms with van der Waals surface area (Å²) >= 11 is 6.20. The van der Waals surface area contributed by atoms with E-state index in [-0.39, 0.29) is 16.7 Å². The van der Waals surface area contributed by atoms with Gasteiger partial charge >= 0.3 is 0 Å². The van der Waals surface area contributed by atoms with Gasteiger partial charge in [-0.2, -0.15) is 0 Å². The SMILES string of the molecule is C[C@@H]1C2CC1(NC(=O)c1cc(N3CCC(c4c[nH]c5nccnc45)CC3)nc(Cl)n1)C2. The van der Waals surface area contributed by atoms with E-state index in [9.17, 15) is 4.79 Å². The fourth-order valence-corrected chi connectivity index (χ4v) is 5.70. The number of hydrogen-bond donors (Lipinski definition) is 2. The summed E-state index contributed by atoms with van der Waals surface area (Å²) in [5.74, 6) is 2.30. The van der Waals surface area contributed by atoms with Crippen LogP contribution in [0.5, 0.6) is 0 Å². The number of carbonyl (C=O) groups excluding carboxylic acids is 1.